The molecule has 0 radical (unpaired) electrons. The van der Waals surface area contributed by atoms with Crippen molar-refractivity contribution in [2.24, 2.45) is 5.92 Å². The lowest BCUT2D eigenvalue weighted by molar-refractivity contribution is 0.277. The maximum absolute atomic E-state index is 13.2. The molecule has 0 bridgehead atoms. The zero-order valence-electron chi connectivity index (χ0n) is 8.39. The molecule has 3 heteroatoms. The molecule has 0 fully saturated rings. The minimum absolute atomic E-state index is 0.162. The first kappa shape index (κ1) is 11.3. The van der Waals surface area contributed by atoms with Crippen LogP contribution in [-0.4, -0.2) is 6.61 Å². The van der Waals surface area contributed by atoms with Crippen LogP contribution in [0.3, 0.4) is 0 Å². The summed E-state index contributed by atoms with van der Waals surface area (Å²) in [7, 11) is 0. The zero-order valence-corrected chi connectivity index (χ0v) is 9.14. The van der Waals surface area contributed by atoms with Gasteiger partial charge < -0.3 is 4.74 Å². The van der Waals surface area contributed by atoms with Crippen molar-refractivity contribution in [1.29, 1.82) is 0 Å². The molecule has 14 heavy (non-hydrogen) atoms. The lowest BCUT2D eigenvalue weighted by Gasteiger charge is -2.09. The van der Waals surface area contributed by atoms with Crippen molar-refractivity contribution in [3.8, 4) is 5.75 Å². The monoisotopic (exact) mass is 216 g/mol. The highest BCUT2D eigenvalue weighted by molar-refractivity contribution is 6.32. The molecule has 0 heterocycles. The average Bonchev–Trinajstić information content (AvgIpc) is 2.09. The average molecular weight is 217 g/mol. The van der Waals surface area contributed by atoms with Crippen molar-refractivity contribution >= 4 is 11.6 Å². The molecular weight excluding hydrogens is 203 g/mol. The summed E-state index contributed by atoms with van der Waals surface area (Å²) in [5.74, 6) is 0.302. The number of rotatable bonds is 4. The van der Waals surface area contributed by atoms with Crippen LogP contribution in [0.15, 0.2) is 18.2 Å². The van der Waals surface area contributed by atoms with Gasteiger partial charge in [-0.05, 0) is 24.5 Å². The van der Waals surface area contributed by atoms with Gasteiger partial charge in [0.2, 0.25) is 0 Å². The Bertz CT molecular complexity index is 279. The first-order valence-corrected chi connectivity index (χ1v) is 5.06. The summed E-state index contributed by atoms with van der Waals surface area (Å²) < 4.78 is 18.4. The molecule has 1 aromatic carbocycles. The standard InChI is InChI=1S/C11H14ClFO/c1-8(2)6-7-14-11-9(12)4-3-5-10(11)13/h3-5,8H,6-7H2,1-2H3. The molecule has 0 aliphatic rings. The first-order chi connectivity index (χ1) is 6.61. The van der Waals surface area contributed by atoms with Gasteiger partial charge in [-0.25, -0.2) is 4.39 Å². The number of benzene rings is 1. The van der Waals surface area contributed by atoms with Crippen LogP contribution in [0, 0.1) is 11.7 Å². The molecule has 0 aliphatic heterocycles. The molecule has 78 valence electrons. The Balaban J connectivity index is 2.58. The largest absolute Gasteiger partial charge is 0.489 e. The molecule has 1 rings (SSSR count). The summed E-state index contributed by atoms with van der Waals surface area (Å²) in [5, 5.41) is 0.328. The Morgan fingerprint density at radius 1 is 1.43 bits per heavy atom. The van der Waals surface area contributed by atoms with E-state index in [9.17, 15) is 4.39 Å². The van der Waals surface area contributed by atoms with Crippen molar-refractivity contribution in [2.45, 2.75) is 20.3 Å². The van der Waals surface area contributed by atoms with E-state index in [2.05, 4.69) is 13.8 Å². The van der Waals surface area contributed by atoms with E-state index in [0.29, 0.717) is 17.5 Å². The third-order valence-corrected chi connectivity index (χ3v) is 2.16. The van der Waals surface area contributed by atoms with Crippen LogP contribution in [0.5, 0.6) is 5.75 Å². The molecule has 0 aliphatic carbocycles. The molecule has 0 N–H and O–H groups in total. The predicted molar refractivity (Wildman–Crippen MR) is 56.4 cm³/mol. The third-order valence-electron chi connectivity index (χ3n) is 1.86. The maximum Gasteiger partial charge on any atom is 0.173 e. The van der Waals surface area contributed by atoms with Crippen LogP contribution >= 0.6 is 11.6 Å². The van der Waals surface area contributed by atoms with Gasteiger partial charge in [-0.3, -0.25) is 0 Å². The SMILES string of the molecule is CC(C)CCOc1c(F)cccc1Cl. The van der Waals surface area contributed by atoms with Gasteiger partial charge in [0.15, 0.2) is 11.6 Å². The summed E-state index contributed by atoms with van der Waals surface area (Å²) in [6, 6.07) is 4.53. The predicted octanol–water partition coefficient (Wildman–Crippen LogP) is 3.90. The van der Waals surface area contributed by atoms with Crippen LogP contribution in [0.1, 0.15) is 20.3 Å². The Hall–Kier alpha value is -0.760. The Labute approximate surface area is 88.8 Å². The Kier molecular flexibility index (Phi) is 4.21. The van der Waals surface area contributed by atoms with E-state index in [1.807, 2.05) is 0 Å². The summed E-state index contributed by atoms with van der Waals surface area (Å²) >= 11 is 5.78. The van der Waals surface area contributed by atoms with E-state index in [4.69, 9.17) is 16.3 Å². The fourth-order valence-electron chi connectivity index (χ4n) is 1.02. The molecule has 1 aromatic rings. The van der Waals surface area contributed by atoms with Gasteiger partial charge in [0, 0.05) is 0 Å². The topological polar surface area (TPSA) is 9.23 Å². The van der Waals surface area contributed by atoms with E-state index in [0.717, 1.165) is 6.42 Å². The fourth-order valence-corrected chi connectivity index (χ4v) is 1.23. The number of hydrogen-bond donors (Lipinski definition) is 0. The fraction of sp³-hybridized carbons (Fsp3) is 0.455. The van der Waals surface area contributed by atoms with E-state index >= 15 is 0 Å². The maximum atomic E-state index is 13.2. The Morgan fingerprint density at radius 3 is 2.71 bits per heavy atom. The second kappa shape index (κ2) is 5.20. The van der Waals surface area contributed by atoms with Crippen molar-refractivity contribution in [2.75, 3.05) is 6.61 Å². The normalized spacial score (nSPS) is 10.6. The third kappa shape index (κ3) is 3.18. The Morgan fingerprint density at radius 2 is 2.14 bits per heavy atom. The molecule has 0 aromatic heterocycles. The molecule has 0 saturated carbocycles. The molecule has 0 spiro atoms. The smallest absolute Gasteiger partial charge is 0.173 e. The van der Waals surface area contributed by atoms with Crippen LogP contribution in [0.4, 0.5) is 4.39 Å². The minimum atomic E-state index is -0.402. The van der Waals surface area contributed by atoms with E-state index in [1.165, 1.54) is 6.07 Å². The van der Waals surface area contributed by atoms with Gasteiger partial charge in [0.05, 0.1) is 11.6 Å². The summed E-state index contributed by atoms with van der Waals surface area (Å²) in [6.45, 7) is 4.68. The highest BCUT2D eigenvalue weighted by Gasteiger charge is 2.07. The van der Waals surface area contributed by atoms with Crippen LogP contribution in [-0.2, 0) is 0 Å². The van der Waals surface area contributed by atoms with Gasteiger partial charge in [-0.15, -0.1) is 0 Å². The van der Waals surface area contributed by atoms with E-state index in [-0.39, 0.29) is 5.75 Å². The lowest BCUT2D eigenvalue weighted by atomic mass is 10.1. The summed E-state index contributed by atoms with van der Waals surface area (Å²) in [6.07, 6.45) is 0.894. The quantitative estimate of drug-likeness (QED) is 0.742. The molecular formula is C11H14ClFO. The molecule has 0 unspecified atom stereocenters. The number of hydrogen-bond acceptors (Lipinski definition) is 1. The number of para-hydroxylation sites is 1. The highest BCUT2D eigenvalue weighted by Crippen LogP contribution is 2.27. The van der Waals surface area contributed by atoms with Crippen molar-refractivity contribution < 1.29 is 9.13 Å². The molecule has 1 nitrogen and oxygen atoms in total. The van der Waals surface area contributed by atoms with Crippen LogP contribution in [0.2, 0.25) is 5.02 Å². The van der Waals surface area contributed by atoms with Gasteiger partial charge in [0.1, 0.15) is 0 Å². The van der Waals surface area contributed by atoms with Gasteiger partial charge in [0.25, 0.3) is 0 Å². The van der Waals surface area contributed by atoms with Crippen LogP contribution < -0.4 is 4.74 Å². The first-order valence-electron chi connectivity index (χ1n) is 4.68. The summed E-state index contributed by atoms with van der Waals surface area (Å²) in [5.41, 5.74) is 0. The molecule has 0 amide bonds. The molecule has 0 atom stereocenters. The van der Waals surface area contributed by atoms with Gasteiger partial charge in [-0.1, -0.05) is 31.5 Å². The second-order valence-electron chi connectivity index (χ2n) is 3.58. The van der Waals surface area contributed by atoms with Crippen molar-refractivity contribution in [1.82, 2.24) is 0 Å². The van der Waals surface area contributed by atoms with E-state index < -0.39 is 5.82 Å². The van der Waals surface area contributed by atoms with Crippen molar-refractivity contribution in [3.63, 3.8) is 0 Å². The minimum Gasteiger partial charge on any atom is -0.489 e. The number of ether oxygens (including phenoxy) is 1. The van der Waals surface area contributed by atoms with Crippen LogP contribution in [0.25, 0.3) is 0 Å². The molecule has 0 saturated heterocycles. The number of halogens is 2. The lowest BCUT2D eigenvalue weighted by Crippen LogP contribution is -2.03. The summed E-state index contributed by atoms with van der Waals surface area (Å²) in [4.78, 5) is 0. The highest BCUT2D eigenvalue weighted by atomic mass is 35.5. The van der Waals surface area contributed by atoms with Crippen molar-refractivity contribution in [3.05, 3.63) is 29.0 Å². The van der Waals surface area contributed by atoms with E-state index in [1.54, 1.807) is 12.1 Å². The van der Waals surface area contributed by atoms with Gasteiger partial charge in [-0.2, -0.15) is 0 Å². The van der Waals surface area contributed by atoms with Gasteiger partial charge >= 0.3 is 0 Å². The second-order valence-corrected chi connectivity index (χ2v) is 3.99. The zero-order chi connectivity index (χ0) is 10.6.